The Morgan fingerprint density at radius 2 is 1.89 bits per heavy atom. The van der Waals surface area contributed by atoms with Gasteiger partial charge < -0.3 is 0 Å². The van der Waals surface area contributed by atoms with Crippen LogP contribution in [0, 0.1) is 5.82 Å². The SMILES string of the molecule is O=C(CSc1ccccc1)c1ccc(Br)c(Cl)c1F. The molecule has 0 radical (unpaired) electrons. The lowest BCUT2D eigenvalue weighted by atomic mass is 10.1. The molecule has 98 valence electrons. The van der Waals surface area contributed by atoms with E-state index < -0.39 is 5.82 Å². The number of rotatable bonds is 4. The third kappa shape index (κ3) is 3.59. The van der Waals surface area contributed by atoms with E-state index >= 15 is 0 Å². The highest BCUT2D eigenvalue weighted by Gasteiger charge is 2.16. The number of halogens is 3. The Bertz CT molecular complexity index is 604. The van der Waals surface area contributed by atoms with Crippen molar-refractivity contribution in [2.45, 2.75) is 4.90 Å². The molecule has 5 heteroatoms. The maximum Gasteiger partial charge on any atom is 0.176 e. The molecular weight excluding hydrogens is 351 g/mol. The van der Waals surface area contributed by atoms with Gasteiger partial charge in [0, 0.05) is 9.37 Å². The van der Waals surface area contributed by atoms with Gasteiger partial charge in [0.1, 0.15) is 0 Å². The Morgan fingerprint density at radius 1 is 1.21 bits per heavy atom. The normalized spacial score (nSPS) is 10.5. The van der Waals surface area contributed by atoms with Crippen LogP contribution >= 0.6 is 39.3 Å². The molecule has 0 bridgehead atoms. The van der Waals surface area contributed by atoms with Crippen molar-refractivity contribution < 1.29 is 9.18 Å². The first-order valence-corrected chi connectivity index (χ1v) is 7.60. The van der Waals surface area contributed by atoms with Crippen molar-refractivity contribution in [2.24, 2.45) is 0 Å². The second-order valence-electron chi connectivity index (χ2n) is 3.75. The summed E-state index contributed by atoms with van der Waals surface area (Å²) >= 11 is 10.3. The fraction of sp³-hybridized carbons (Fsp3) is 0.0714. The van der Waals surface area contributed by atoms with E-state index in [0.717, 1.165) is 4.90 Å². The van der Waals surface area contributed by atoms with Crippen LogP contribution in [0.1, 0.15) is 10.4 Å². The Balaban J connectivity index is 2.11. The molecule has 1 nitrogen and oxygen atoms in total. The molecule has 0 aliphatic carbocycles. The van der Waals surface area contributed by atoms with E-state index in [9.17, 15) is 9.18 Å². The van der Waals surface area contributed by atoms with Crippen molar-refractivity contribution in [3.05, 3.63) is 63.3 Å². The molecule has 0 atom stereocenters. The van der Waals surface area contributed by atoms with Crippen LogP contribution < -0.4 is 0 Å². The zero-order chi connectivity index (χ0) is 13.8. The lowest BCUT2D eigenvalue weighted by Gasteiger charge is -2.05. The topological polar surface area (TPSA) is 17.1 Å². The summed E-state index contributed by atoms with van der Waals surface area (Å²) in [7, 11) is 0. The largest absolute Gasteiger partial charge is 0.293 e. The molecule has 0 saturated heterocycles. The number of thioether (sulfide) groups is 1. The summed E-state index contributed by atoms with van der Waals surface area (Å²) in [5.41, 5.74) is 0.0247. The van der Waals surface area contributed by atoms with E-state index in [1.807, 2.05) is 30.3 Å². The number of carbonyl (C=O) groups excluding carboxylic acids is 1. The van der Waals surface area contributed by atoms with Crippen molar-refractivity contribution in [2.75, 3.05) is 5.75 Å². The van der Waals surface area contributed by atoms with Crippen molar-refractivity contribution in [3.8, 4) is 0 Å². The molecule has 0 fully saturated rings. The summed E-state index contributed by atoms with van der Waals surface area (Å²) in [4.78, 5) is 12.9. The third-order valence-electron chi connectivity index (χ3n) is 2.45. The highest BCUT2D eigenvalue weighted by atomic mass is 79.9. The highest BCUT2D eigenvalue weighted by molar-refractivity contribution is 9.10. The summed E-state index contributed by atoms with van der Waals surface area (Å²) in [6.07, 6.45) is 0. The van der Waals surface area contributed by atoms with Gasteiger partial charge in [-0.05, 0) is 40.2 Å². The standard InChI is InChI=1S/C14H9BrClFOS/c15-11-7-6-10(14(17)13(11)16)12(18)8-19-9-4-2-1-3-5-9/h1-7H,8H2. The average molecular weight is 360 g/mol. The van der Waals surface area contributed by atoms with Crippen LogP contribution in [-0.2, 0) is 0 Å². The maximum absolute atomic E-state index is 13.8. The highest BCUT2D eigenvalue weighted by Crippen LogP contribution is 2.28. The van der Waals surface area contributed by atoms with Gasteiger partial charge in [0.15, 0.2) is 11.6 Å². The van der Waals surface area contributed by atoms with Crippen LogP contribution in [-0.4, -0.2) is 11.5 Å². The molecule has 0 unspecified atom stereocenters. The number of hydrogen-bond donors (Lipinski definition) is 0. The maximum atomic E-state index is 13.8. The molecule has 2 aromatic carbocycles. The zero-order valence-corrected chi connectivity index (χ0v) is 12.9. The van der Waals surface area contributed by atoms with Crippen LogP contribution in [0.15, 0.2) is 51.8 Å². The van der Waals surface area contributed by atoms with Crippen molar-refractivity contribution in [1.29, 1.82) is 0 Å². The minimum Gasteiger partial charge on any atom is -0.293 e. The summed E-state index contributed by atoms with van der Waals surface area (Å²) in [6.45, 7) is 0. The average Bonchev–Trinajstić information content (AvgIpc) is 2.43. The monoisotopic (exact) mass is 358 g/mol. The van der Waals surface area contributed by atoms with E-state index in [2.05, 4.69) is 15.9 Å². The molecule has 19 heavy (non-hydrogen) atoms. The molecule has 0 saturated carbocycles. The number of Topliss-reactive ketones (excluding diaryl/α,β-unsaturated/α-hetero) is 1. The minimum atomic E-state index is -0.672. The van der Waals surface area contributed by atoms with Gasteiger partial charge in [-0.2, -0.15) is 0 Å². The molecule has 0 aliphatic rings. The van der Waals surface area contributed by atoms with Gasteiger partial charge in [-0.3, -0.25) is 4.79 Å². The fourth-order valence-corrected chi connectivity index (χ4v) is 2.76. The predicted octanol–water partition coefficient (Wildman–Crippen LogP) is 5.22. The second-order valence-corrected chi connectivity index (χ2v) is 6.03. The smallest absolute Gasteiger partial charge is 0.176 e. The number of hydrogen-bond acceptors (Lipinski definition) is 2. The summed E-state index contributed by atoms with van der Waals surface area (Å²) in [5.74, 6) is -0.769. The number of ketones is 1. The Hall–Kier alpha value is -0.840. The van der Waals surface area contributed by atoms with Crippen LogP contribution in [0.25, 0.3) is 0 Å². The van der Waals surface area contributed by atoms with Crippen LogP contribution in [0.3, 0.4) is 0 Å². The molecule has 0 heterocycles. The summed E-state index contributed by atoms with van der Waals surface area (Å²) < 4.78 is 14.3. The van der Waals surface area contributed by atoms with Crippen molar-refractivity contribution >= 4 is 45.1 Å². The lowest BCUT2D eigenvalue weighted by Crippen LogP contribution is -2.05. The Labute approximate surface area is 128 Å². The minimum absolute atomic E-state index is 0.0247. The van der Waals surface area contributed by atoms with E-state index in [1.165, 1.54) is 17.8 Å². The molecule has 0 aromatic heterocycles. The predicted molar refractivity (Wildman–Crippen MR) is 80.6 cm³/mol. The zero-order valence-electron chi connectivity index (χ0n) is 9.70. The molecular formula is C14H9BrClFOS. The third-order valence-corrected chi connectivity index (χ3v) is 4.72. The first kappa shape index (κ1) is 14.6. The van der Waals surface area contributed by atoms with Crippen LogP contribution in [0.5, 0.6) is 0 Å². The van der Waals surface area contributed by atoms with E-state index in [-0.39, 0.29) is 22.1 Å². The van der Waals surface area contributed by atoms with Gasteiger partial charge in [0.25, 0.3) is 0 Å². The van der Waals surface area contributed by atoms with Crippen molar-refractivity contribution in [3.63, 3.8) is 0 Å². The Morgan fingerprint density at radius 3 is 2.58 bits per heavy atom. The first-order valence-electron chi connectivity index (χ1n) is 5.44. The second kappa shape index (κ2) is 6.55. The molecule has 0 spiro atoms. The van der Waals surface area contributed by atoms with Gasteiger partial charge in [0.05, 0.1) is 16.3 Å². The van der Waals surface area contributed by atoms with Crippen LogP contribution in [0.2, 0.25) is 5.02 Å². The first-order chi connectivity index (χ1) is 9.09. The van der Waals surface area contributed by atoms with Crippen molar-refractivity contribution in [1.82, 2.24) is 0 Å². The van der Waals surface area contributed by atoms with Gasteiger partial charge in [-0.15, -0.1) is 11.8 Å². The van der Waals surface area contributed by atoms with E-state index in [1.54, 1.807) is 6.07 Å². The summed E-state index contributed by atoms with van der Waals surface area (Å²) in [6, 6.07) is 12.5. The molecule has 2 aromatic rings. The molecule has 0 N–H and O–H groups in total. The number of carbonyl (C=O) groups is 1. The lowest BCUT2D eigenvalue weighted by molar-refractivity contribution is 0.101. The van der Waals surface area contributed by atoms with Gasteiger partial charge in [0.2, 0.25) is 0 Å². The van der Waals surface area contributed by atoms with Crippen LogP contribution in [0.4, 0.5) is 4.39 Å². The summed E-state index contributed by atoms with van der Waals surface area (Å²) in [5, 5.41) is -0.0597. The van der Waals surface area contributed by atoms with E-state index in [4.69, 9.17) is 11.6 Å². The fourth-order valence-electron chi connectivity index (χ4n) is 1.48. The van der Waals surface area contributed by atoms with Gasteiger partial charge >= 0.3 is 0 Å². The Kier molecular flexibility index (Phi) is 5.02. The van der Waals surface area contributed by atoms with Gasteiger partial charge in [-0.25, -0.2) is 4.39 Å². The number of benzene rings is 2. The van der Waals surface area contributed by atoms with E-state index in [0.29, 0.717) is 4.47 Å². The molecule has 0 aliphatic heterocycles. The quantitative estimate of drug-likeness (QED) is 0.423. The van der Waals surface area contributed by atoms with Gasteiger partial charge in [-0.1, -0.05) is 29.8 Å². The molecule has 0 amide bonds. The molecule has 2 rings (SSSR count).